The summed E-state index contributed by atoms with van der Waals surface area (Å²) in [6, 6.07) is 15.2. The number of benzene rings is 2. The van der Waals surface area contributed by atoms with Crippen molar-refractivity contribution < 1.29 is 14.3 Å². The molecule has 0 fully saturated rings. The van der Waals surface area contributed by atoms with Crippen LogP contribution in [0.3, 0.4) is 0 Å². The largest absolute Gasteiger partial charge is 0.497 e. The number of hydrogen-bond acceptors (Lipinski definition) is 4. The van der Waals surface area contributed by atoms with Gasteiger partial charge in [-0.2, -0.15) is 0 Å². The van der Waals surface area contributed by atoms with Crippen molar-refractivity contribution in [3.05, 3.63) is 65.2 Å². The molecule has 1 N–H and O–H groups in total. The van der Waals surface area contributed by atoms with E-state index in [0.29, 0.717) is 18.8 Å². The van der Waals surface area contributed by atoms with Crippen molar-refractivity contribution in [2.45, 2.75) is 45.5 Å². The number of carbonyl (C=O) groups is 2. The molecular formula is C24H32N2O3S. The van der Waals surface area contributed by atoms with Gasteiger partial charge in [-0.05, 0) is 49.1 Å². The van der Waals surface area contributed by atoms with Crippen LogP contribution in [0, 0.1) is 6.92 Å². The molecule has 2 aromatic rings. The first-order valence-electron chi connectivity index (χ1n) is 10.3. The van der Waals surface area contributed by atoms with E-state index in [1.807, 2.05) is 43.3 Å². The predicted octanol–water partition coefficient (Wildman–Crippen LogP) is 4.18. The van der Waals surface area contributed by atoms with Gasteiger partial charge in [-0.1, -0.05) is 43.3 Å². The van der Waals surface area contributed by atoms with Gasteiger partial charge in [0.05, 0.1) is 12.9 Å². The van der Waals surface area contributed by atoms with Crippen LogP contribution in [0.2, 0.25) is 0 Å². The van der Waals surface area contributed by atoms with Crippen molar-refractivity contribution in [1.82, 2.24) is 10.2 Å². The zero-order valence-corrected chi connectivity index (χ0v) is 19.1. The van der Waals surface area contributed by atoms with E-state index < -0.39 is 6.04 Å². The number of thioether (sulfide) groups is 1. The molecule has 2 rings (SSSR count). The zero-order chi connectivity index (χ0) is 21.9. The molecule has 2 amide bonds. The first-order valence-corrected chi connectivity index (χ1v) is 11.4. The molecule has 0 aliphatic carbocycles. The van der Waals surface area contributed by atoms with Gasteiger partial charge in [0.15, 0.2) is 0 Å². The first-order chi connectivity index (χ1) is 14.5. The second-order valence-corrected chi connectivity index (χ2v) is 8.25. The lowest BCUT2D eigenvalue weighted by atomic mass is 10.1. The summed E-state index contributed by atoms with van der Waals surface area (Å²) >= 11 is 1.57. The van der Waals surface area contributed by atoms with Gasteiger partial charge in [0, 0.05) is 18.8 Å². The van der Waals surface area contributed by atoms with E-state index in [1.54, 1.807) is 30.7 Å². The molecule has 2 aromatic carbocycles. The van der Waals surface area contributed by atoms with Crippen LogP contribution in [0.5, 0.6) is 5.75 Å². The number of hydrogen-bond donors (Lipinski definition) is 1. The van der Waals surface area contributed by atoms with Gasteiger partial charge >= 0.3 is 0 Å². The maximum atomic E-state index is 13.1. The van der Waals surface area contributed by atoms with Crippen LogP contribution < -0.4 is 10.1 Å². The number of ether oxygens (including phenoxy) is 1. The molecule has 0 aromatic heterocycles. The van der Waals surface area contributed by atoms with Crippen LogP contribution in [-0.2, 0) is 21.9 Å². The highest BCUT2D eigenvalue weighted by atomic mass is 32.2. The van der Waals surface area contributed by atoms with Crippen LogP contribution in [0.1, 0.15) is 37.0 Å². The quantitative estimate of drug-likeness (QED) is 0.583. The molecule has 1 atom stereocenters. The molecule has 0 saturated carbocycles. The average Bonchev–Trinajstić information content (AvgIpc) is 2.76. The highest BCUT2D eigenvalue weighted by Crippen LogP contribution is 2.19. The Kier molecular flexibility index (Phi) is 9.74. The van der Waals surface area contributed by atoms with Crippen molar-refractivity contribution in [2.75, 3.05) is 19.4 Å². The third-order valence-electron chi connectivity index (χ3n) is 4.95. The third-order valence-corrected chi connectivity index (χ3v) is 5.91. The number of methoxy groups -OCH3 is 1. The molecule has 0 heterocycles. The summed E-state index contributed by atoms with van der Waals surface area (Å²) < 4.78 is 5.30. The number of nitrogens with one attached hydrogen (secondary N) is 1. The molecule has 0 saturated heterocycles. The van der Waals surface area contributed by atoms with Gasteiger partial charge in [0.25, 0.3) is 0 Å². The van der Waals surface area contributed by atoms with Crippen LogP contribution >= 0.6 is 11.8 Å². The smallest absolute Gasteiger partial charge is 0.242 e. The summed E-state index contributed by atoms with van der Waals surface area (Å²) in [6.45, 7) is 6.84. The fourth-order valence-electron chi connectivity index (χ4n) is 3.05. The lowest BCUT2D eigenvalue weighted by Gasteiger charge is -2.29. The topological polar surface area (TPSA) is 58.6 Å². The van der Waals surface area contributed by atoms with Gasteiger partial charge in [-0.25, -0.2) is 0 Å². The number of amides is 2. The molecule has 162 valence electrons. The molecule has 5 nitrogen and oxygen atoms in total. The van der Waals surface area contributed by atoms with E-state index in [0.717, 1.165) is 23.5 Å². The Morgan fingerprint density at radius 1 is 1.17 bits per heavy atom. The second kappa shape index (κ2) is 12.3. The summed E-state index contributed by atoms with van der Waals surface area (Å²) in [6.07, 6.45) is 0.856. The van der Waals surface area contributed by atoms with E-state index >= 15 is 0 Å². The molecule has 0 radical (unpaired) electrons. The van der Waals surface area contributed by atoms with Gasteiger partial charge in [-0.3, -0.25) is 9.59 Å². The maximum Gasteiger partial charge on any atom is 0.242 e. The zero-order valence-electron chi connectivity index (χ0n) is 18.3. The maximum absolute atomic E-state index is 13.1. The minimum absolute atomic E-state index is 0.0458. The SMILES string of the molecule is CCCNC(=O)[C@H](C)N(Cc1cccc(OC)c1)C(=O)CSCc1ccccc1C. The van der Waals surface area contributed by atoms with Crippen LogP contribution in [-0.4, -0.2) is 42.2 Å². The fourth-order valence-corrected chi connectivity index (χ4v) is 4.04. The minimum Gasteiger partial charge on any atom is -0.497 e. The Morgan fingerprint density at radius 2 is 1.93 bits per heavy atom. The average molecular weight is 429 g/mol. The lowest BCUT2D eigenvalue weighted by Crippen LogP contribution is -2.48. The van der Waals surface area contributed by atoms with Gasteiger partial charge in [0.2, 0.25) is 11.8 Å². The van der Waals surface area contributed by atoms with Crippen LogP contribution in [0.4, 0.5) is 0 Å². The Hall–Kier alpha value is -2.47. The molecule has 0 bridgehead atoms. The molecule has 0 unspecified atom stereocenters. The van der Waals surface area contributed by atoms with E-state index in [-0.39, 0.29) is 11.8 Å². The molecule has 0 aliphatic rings. The van der Waals surface area contributed by atoms with Gasteiger partial charge in [0.1, 0.15) is 11.8 Å². The molecule has 0 aliphatic heterocycles. The summed E-state index contributed by atoms with van der Waals surface area (Å²) in [7, 11) is 1.62. The fraction of sp³-hybridized carbons (Fsp3) is 0.417. The van der Waals surface area contributed by atoms with Crippen molar-refractivity contribution in [2.24, 2.45) is 0 Å². The first kappa shape index (κ1) is 23.8. The molecule has 6 heteroatoms. The summed E-state index contributed by atoms with van der Waals surface area (Å²) in [5.41, 5.74) is 3.38. The van der Waals surface area contributed by atoms with Crippen molar-refractivity contribution in [1.29, 1.82) is 0 Å². The summed E-state index contributed by atoms with van der Waals surface area (Å²) in [4.78, 5) is 27.3. The molecule has 0 spiro atoms. The van der Waals surface area contributed by atoms with Gasteiger partial charge in [-0.15, -0.1) is 11.8 Å². The molecule has 30 heavy (non-hydrogen) atoms. The number of aryl methyl sites for hydroxylation is 1. The Bertz CT molecular complexity index is 841. The summed E-state index contributed by atoms with van der Waals surface area (Å²) in [5.74, 6) is 1.65. The Balaban J connectivity index is 2.09. The normalized spacial score (nSPS) is 11.6. The number of carbonyl (C=O) groups excluding carboxylic acids is 2. The second-order valence-electron chi connectivity index (χ2n) is 7.26. The van der Waals surface area contributed by atoms with E-state index in [1.165, 1.54) is 11.1 Å². The highest BCUT2D eigenvalue weighted by molar-refractivity contribution is 7.99. The summed E-state index contributed by atoms with van der Waals surface area (Å²) in [5, 5.41) is 2.90. The van der Waals surface area contributed by atoms with Gasteiger partial charge < -0.3 is 15.0 Å². The van der Waals surface area contributed by atoms with Crippen molar-refractivity contribution in [3.8, 4) is 5.75 Å². The molecular weight excluding hydrogens is 396 g/mol. The van der Waals surface area contributed by atoms with Crippen LogP contribution in [0.25, 0.3) is 0 Å². The minimum atomic E-state index is -0.547. The Morgan fingerprint density at radius 3 is 2.63 bits per heavy atom. The monoisotopic (exact) mass is 428 g/mol. The number of rotatable bonds is 11. The van der Waals surface area contributed by atoms with Crippen LogP contribution in [0.15, 0.2) is 48.5 Å². The number of nitrogens with zero attached hydrogens (tertiary/aromatic N) is 1. The van der Waals surface area contributed by atoms with E-state index in [4.69, 9.17) is 4.74 Å². The van der Waals surface area contributed by atoms with Crippen molar-refractivity contribution in [3.63, 3.8) is 0 Å². The van der Waals surface area contributed by atoms with E-state index in [9.17, 15) is 9.59 Å². The third kappa shape index (κ3) is 7.10. The Labute approximate surface area is 184 Å². The lowest BCUT2D eigenvalue weighted by molar-refractivity contribution is -0.138. The highest BCUT2D eigenvalue weighted by Gasteiger charge is 2.26. The van der Waals surface area contributed by atoms with Crippen molar-refractivity contribution >= 4 is 23.6 Å². The van der Waals surface area contributed by atoms with E-state index in [2.05, 4.69) is 24.4 Å². The standard InChI is InChI=1S/C24H32N2O3S/c1-5-13-25-24(28)19(3)26(15-20-10-8-12-22(14-20)29-4)23(27)17-30-16-21-11-7-6-9-18(21)2/h6-12,14,19H,5,13,15-17H2,1-4H3,(H,25,28)/t19-/m0/s1. The predicted molar refractivity (Wildman–Crippen MR) is 124 cm³/mol.